The van der Waals surface area contributed by atoms with E-state index in [-0.39, 0.29) is 0 Å². The smallest absolute Gasteiger partial charge is 0.0465 e. The fraction of sp³-hybridized carbons (Fsp3) is 0.538. The molecule has 1 heterocycles. The zero-order valence-corrected chi connectivity index (χ0v) is 11.7. The predicted octanol–water partition coefficient (Wildman–Crippen LogP) is 3.18. The molecular formula is C13H18Cl2N2. The molecule has 1 aromatic rings. The molecule has 0 amide bonds. The summed E-state index contributed by atoms with van der Waals surface area (Å²) < 4.78 is 0. The molecular weight excluding hydrogens is 255 g/mol. The first-order valence-electron chi connectivity index (χ1n) is 5.98. The van der Waals surface area contributed by atoms with Crippen molar-refractivity contribution < 1.29 is 0 Å². The molecule has 17 heavy (non-hydrogen) atoms. The van der Waals surface area contributed by atoms with Gasteiger partial charge in [-0.15, -0.1) is 0 Å². The van der Waals surface area contributed by atoms with Crippen molar-refractivity contribution in [1.29, 1.82) is 0 Å². The largest absolute Gasteiger partial charge is 0.314 e. The van der Waals surface area contributed by atoms with Gasteiger partial charge in [0.2, 0.25) is 0 Å². The van der Waals surface area contributed by atoms with Crippen LogP contribution in [0.5, 0.6) is 0 Å². The average Bonchev–Trinajstić information content (AvgIpc) is 2.26. The predicted molar refractivity (Wildman–Crippen MR) is 73.8 cm³/mol. The van der Waals surface area contributed by atoms with Crippen LogP contribution in [0.2, 0.25) is 10.0 Å². The maximum Gasteiger partial charge on any atom is 0.0465 e. The number of benzene rings is 1. The summed E-state index contributed by atoms with van der Waals surface area (Å²) in [7, 11) is 0. The van der Waals surface area contributed by atoms with Gasteiger partial charge in [-0.2, -0.15) is 0 Å². The number of piperazine rings is 1. The lowest BCUT2D eigenvalue weighted by molar-refractivity contribution is 0.109. The Morgan fingerprint density at radius 2 is 1.88 bits per heavy atom. The van der Waals surface area contributed by atoms with Crippen molar-refractivity contribution in [2.75, 3.05) is 13.1 Å². The van der Waals surface area contributed by atoms with E-state index in [2.05, 4.69) is 24.1 Å². The summed E-state index contributed by atoms with van der Waals surface area (Å²) >= 11 is 12.1. The van der Waals surface area contributed by atoms with Gasteiger partial charge in [-0.25, -0.2) is 0 Å². The highest BCUT2D eigenvalue weighted by Gasteiger charge is 2.24. The maximum absolute atomic E-state index is 6.22. The van der Waals surface area contributed by atoms with Gasteiger partial charge in [0.15, 0.2) is 0 Å². The van der Waals surface area contributed by atoms with Crippen LogP contribution < -0.4 is 5.32 Å². The van der Waals surface area contributed by atoms with Crippen molar-refractivity contribution in [1.82, 2.24) is 10.2 Å². The molecule has 2 nitrogen and oxygen atoms in total. The normalized spacial score (nSPS) is 26.1. The second-order valence-electron chi connectivity index (χ2n) is 4.76. The molecule has 1 aliphatic rings. The topological polar surface area (TPSA) is 15.3 Å². The third kappa shape index (κ3) is 3.14. The minimum Gasteiger partial charge on any atom is -0.314 e. The molecule has 1 N–H and O–H groups in total. The Hall–Kier alpha value is -0.280. The first-order valence-corrected chi connectivity index (χ1v) is 6.74. The second kappa shape index (κ2) is 5.57. The van der Waals surface area contributed by atoms with Crippen molar-refractivity contribution in [3.63, 3.8) is 0 Å². The van der Waals surface area contributed by atoms with Crippen LogP contribution in [0, 0.1) is 0 Å². The van der Waals surface area contributed by atoms with Crippen LogP contribution in [-0.2, 0) is 6.54 Å². The highest BCUT2D eigenvalue weighted by Crippen LogP contribution is 2.24. The summed E-state index contributed by atoms with van der Waals surface area (Å²) in [5.41, 5.74) is 1.15. The van der Waals surface area contributed by atoms with Gasteiger partial charge < -0.3 is 5.32 Å². The van der Waals surface area contributed by atoms with Gasteiger partial charge in [0.25, 0.3) is 0 Å². The quantitative estimate of drug-likeness (QED) is 0.890. The third-order valence-corrected chi connectivity index (χ3v) is 3.97. The van der Waals surface area contributed by atoms with Crippen LogP contribution in [0.15, 0.2) is 18.2 Å². The molecule has 1 fully saturated rings. The van der Waals surface area contributed by atoms with E-state index in [0.29, 0.717) is 17.1 Å². The van der Waals surface area contributed by atoms with E-state index in [1.165, 1.54) is 0 Å². The Balaban J connectivity index is 2.13. The molecule has 2 unspecified atom stereocenters. The van der Waals surface area contributed by atoms with Crippen LogP contribution >= 0.6 is 23.2 Å². The molecule has 94 valence electrons. The van der Waals surface area contributed by atoms with Crippen LogP contribution in [0.3, 0.4) is 0 Å². The molecule has 0 spiro atoms. The summed E-state index contributed by atoms with van der Waals surface area (Å²) in [4.78, 5) is 2.48. The van der Waals surface area contributed by atoms with Gasteiger partial charge in [-0.1, -0.05) is 29.3 Å². The maximum atomic E-state index is 6.22. The van der Waals surface area contributed by atoms with Gasteiger partial charge >= 0.3 is 0 Å². The highest BCUT2D eigenvalue weighted by atomic mass is 35.5. The Morgan fingerprint density at radius 3 is 2.47 bits per heavy atom. The fourth-order valence-corrected chi connectivity index (χ4v) is 2.80. The van der Waals surface area contributed by atoms with E-state index in [1.807, 2.05) is 18.2 Å². The number of hydrogen-bond acceptors (Lipinski definition) is 2. The Bertz CT molecular complexity index is 385. The third-order valence-electron chi connectivity index (χ3n) is 3.38. The summed E-state index contributed by atoms with van der Waals surface area (Å²) in [5.74, 6) is 0. The summed E-state index contributed by atoms with van der Waals surface area (Å²) in [6.07, 6.45) is 0. The lowest BCUT2D eigenvalue weighted by Crippen LogP contribution is -2.54. The minimum atomic E-state index is 0.533. The number of hydrogen-bond donors (Lipinski definition) is 1. The number of nitrogens with one attached hydrogen (secondary N) is 1. The summed E-state index contributed by atoms with van der Waals surface area (Å²) in [6, 6.07) is 6.80. The molecule has 0 aliphatic carbocycles. The molecule has 0 saturated carbocycles. The second-order valence-corrected chi connectivity index (χ2v) is 5.61. The number of rotatable bonds is 2. The number of halogens is 2. The van der Waals surface area contributed by atoms with Crippen LogP contribution in [0.1, 0.15) is 19.4 Å². The van der Waals surface area contributed by atoms with Crippen molar-refractivity contribution in [3.05, 3.63) is 33.8 Å². The van der Waals surface area contributed by atoms with E-state index >= 15 is 0 Å². The molecule has 1 saturated heterocycles. The van der Waals surface area contributed by atoms with Gasteiger partial charge in [0.05, 0.1) is 0 Å². The molecule has 0 radical (unpaired) electrons. The van der Waals surface area contributed by atoms with Gasteiger partial charge in [-0.3, -0.25) is 4.90 Å². The molecule has 0 bridgehead atoms. The number of nitrogens with zero attached hydrogens (tertiary/aromatic N) is 1. The van der Waals surface area contributed by atoms with Gasteiger partial charge in [0, 0.05) is 41.8 Å². The van der Waals surface area contributed by atoms with Gasteiger partial charge in [0.1, 0.15) is 0 Å². The van der Waals surface area contributed by atoms with E-state index in [1.54, 1.807) is 0 Å². The van der Waals surface area contributed by atoms with Crippen molar-refractivity contribution in [3.8, 4) is 0 Å². The molecule has 2 atom stereocenters. The first kappa shape index (κ1) is 13.2. The zero-order valence-electron chi connectivity index (χ0n) is 10.2. The van der Waals surface area contributed by atoms with Crippen molar-refractivity contribution in [2.45, 2.75) is 32.5 Å². The van der Waals surface area contributed by atoms with E-state index in [4.69, 9.17) is 23.2 Å². The minimum absolute atomic E-state index is 0.533. The molecule has 4 heteroatoms. The first-order chi connectivity index (χ1) is 8.08. The Morgan fingerprint density at radius 1 is 1.24 bits per heavy atom. The summed E-state index contributed by atoms with van der Waals surface area (Å²) in [6.45, 7) is 7.45. The van der Waals surface area contributed by atoms with Crippen LogP contribution in [0.4, 0.5) is 0 Å². The lowest BCUT2D eigenvalue weighted by Gasteiger charge is -2.39. The molecule has 2 rings (SSSR count). The van der Waals surface area contributed by atoms with Crippen molar-refractivity contribution in [2.24, 2.45) is 0 Å². The van der Waals surface area contributed by atoms with E-state index in [9.17, 15) is 0 Å². The van der Waals surface area contributed by atoms with Gasteiger partial charge in [-0.05, 0) is 31.5 Å². The average molecular weight is 273 g/mol. The lowest BCUT2D eigenvalue weighted by atomic mass is 10.1. The summed E-state index contributed by atoms with van der Waals surface area (Å²) in [5, 5.41) is 4.88. The highest BCUT2D eigenvalue weighted by molar-refractivity contribution is 6.35. The zero-order chi connectivity index (χ0) is 12.4. The van der Waals surface area contributed by atoms with Crippen LogP contribution in [-0.4, -0.2) is 30.1 Å². The van der Waals surface area contributed by atoms with Crippen LogP contribution in [0.25, 0.3) is 0 Å². The Labute approximate surface area is 113 Å². The SMILES string of the molecule is CC1CNCC(C)N1Cc1ccc(Cl)cc1Cl. The molecule has 0 aromatic heterocycles. The van der Waals surface area contributed by atoms with Crippen molar-refractivity contribution >= 4 is 23.2 Å². The molecule has 1 aromatic carbocycles. The fourth-order valence-electron chi connectivity index (χ4n) is 2.33. The van der Waals surface area contributed by atoms with E-state index in [0.717, 1.165) is 30.2 Å². The standard InChI is InChI=1S/C13H18Cl2N2/c1-9-6-16-7-10(2)17(9)8-11-3-4-12(14)5-13(11)15/h3-5,9-10,16H,6-8H2,1-2H3. The molecule has 1 aliphatic heterocycles. The van der Waals surface area contributed by atoms with E-state index < -0.39 is 0 Å². The monoisotopic (exact) mass is 272 g/mol. The Kier molecular flexibility index (Phi) is 4.31.